The van der Waals surface area contributed by atoms with Crippen molar-refractivity contribution in [2.24, 2.45) is 0 Å². The molecule has 2 aliphatic heterocycles. The summed E-state index contributed by atoms with van der Waals surface area (Å²) < 4.78 is 0. The maximum absolute atomic E-state index is 12.0. The van der Waals surface area contributed by atoms with Gasteiger partial charge >= 0.3 is 0 Å². The quantitative estimate of drug-likeness (QED) is 0.703. The Morgan fingerprint density at radius 3 is 2.10 bits per heavy atom. The molecule has 2 aliphatic rings. The number of hydrogen-bond donors (Lipinski definition) is 0. The number of likely N-dealkylation sites (tertiary alicyclic amines) is 1. The fraction of sp³-hybridized carbons (Fsp3) is 0.571. The van der Waals surface area contributed by atoms with E-state index in [1.54, 1.807) is 0 Å². The lowest BCUT2D eigenvalue weighted by Crippen LogP contribution is -2.41. The fourth-order valence-electron chi connectivity index (χ4n) is 2.07. The lowest BCUT2D eigenvalue weighted by Gasteiger charge is -2.19. The summed E-state index contributed by atoms with van der Waals surface area (Å²) in [6.45, 7) is 6.07. The van der Waals surface area contributed by atoms with Crippen LogP contribution in [0.1, 0.15) is 27.2 Å². The molecule has 0 saturated carbocycles. The van der Waals surface area contributed by atoms with Gasteiger partial charge in [0.05, 0.1) is 5.25 Å². The summed E-state index contributed by atoms with van der Waals surface area (Å²) in [6, 6.07) is 0. The summed E-state index contributed by atoms with van der Waals surface area (Å²) in [6.07, 6.45) is 2.58. The SMILES string of the molecule is CC.CCSC1CC(=O)N(CCN2C(=O)C=CC2=O)C1=O. The summed E-state index contributed by atoms with van der Waals surface area (Å²) in [5.41, 5.74) is 0. The van der Waals surface area contributed by atoms with Crippen molar-refractivity contribution >= 4 is 35.4 Å². The average Bonchev–Trinajstić information content (AvgIpc) is 2.93. The Morgan fingerprint density at radius 1 is 1.05 bits per heavy atom. The van der Waals surface area contributed by atoms with E-state index >= 15 is 0 Å². The summed E-state index contributed by atoms with van der Waals surface area (Å²) in [5.74, 6) is -0.482. The first-order chi connectivity index (χ1) is 10.0. The zero-order valence-electron chi connectivity index (χ0n) is 12.5. The van der Waals surface area contributed by atoms with Crippen molar-refractivity contribution in [3.8, 4) is 0 Å². The van der Waals surface area contributed by atoms with Crippen molar-refractivity contribution in [2.45, 2.75) is 32.4 Å². The number of amides is 4. The molecule has 1 saturated heterocycles. The lowest BCUT2D eigenvalue weighted by molar-refractivity contribution is -0.142. The van der Waals surface area contributed by atoms with Gasteiger partial charge in [-0.05, 0) is 5.75 Å². The minimum Gasteiger partial charge on any atom is -0.280 e. The molecule has 0 radical (unpaired) electrons. The first-order valence-corrected chi connectivity index (χ1v) is 8.08. The van der Waals surface area contributed by atoms with Crippen molar-refractivity contribution in [2.75, 3.05) is 18.8 Å². The van der Waals surface area contributed by atoms with Gasteiger partial charge in [0.15, 0.2) is 0 Å². The first kappa shape index (κ1) is 17.4. The summed E-state index contributed by atoms with van der Waals surface area (Å²) in [4.78, 5) is 48.5. The molecule has 0 spiro atoms. The van der Waals surface area contributed by atoms with Gasteiger partial charge in [-0.1, -0.05) is 20.8 Å². The maximum atomic E-state index is 12.0. The summed E-state index contributed by atoms with van der Waals surface area (Å²) in [7, 11) is 0. The molecule has 1 unspecified atom stereocenters. The van der Waals surface area contributed by atoms with Crippen molar-refractivity contribution in [1.29, 1.82) is 0 Å². The number of rotatable bonds is 5. The van der Waals surface area contributed by atoms with Crippen LogP contribution in [-0.2, 0) is 19.2 Å². The zero-order chi connectivity index (χ0) is 16.0. The van der Waals surface area contributed by atoms with E-state index in [0.717, 1.165) is 15.6 Å². The summed E-state index contributed by atoms with van der Waals surface area (Å²) in [5, 5.41) is -0.319. The Morgan fingerprint density at radius 2 is 1.57 bits per heavy atom. The van der Waals surface area contributed by atoms with Crippen LogP contribution in [-0.4, -0.2) is 57.5 Å². The standard InChI is InChI=1S/C12H14N2O4S.C2H6/c1-2-19-8-7-11(17)14(12(8)18)6-5-13-9(15)3-4-10(13)16;1-2/h3-4,8H,2,5-7H2,1H3;1-2H3. The van der Waals surface area contributed by atoms with Crippen LogP contribution < -0.4 is 0 Å². The van der Waals surface area contributed by atoms with E-state index in [9.17, 15) is 19.2 Å². The number of nitrogens with zero attached hydrogens (tertiary/aromatic N) is 2. The highest BCUT2D eigenvalue weighted by atomic mass is 32.2. The molecular formula is C14H20N2O4S. The lowest BCUT2D eigenvalue weighted by atomic mass is 10.4. The van der Waals surface area contributed by atoms with E-state index < -0.39 is 11.8 Å². The molecule has 0 aromatic heterocycles. The Hall–Kier alpha value is -1.63. The highest BCUT2D eigenvalue weighted by Crippen LogP contribution is 2.24. The van der Waals surface area contributed by atoms with Gasteiger partial charge in [-0.15, -0.1) is 11.8 Å². The Bertz CT molecular complexity index is 458. The molecule has 21 heavy (non-hydrogen) atoms. The molecular weight excluding hydrogens is 292 g/mol. The van der Waals surface area contributed by atoms with Crippen LogP contribution in [0, 0.1) is 0 Å². The van der Waals surface area contributed by atoms with Gasteiger partial charge in [0.25, 0.3) is 11.8 Å². The van der Waals surface area contributed by atoms with Crippen LogP contribution in [0.2, 0.25) is 0 Å². The highest BCUT2D eigenvalue weighted by Gasteiger charge is 2.38. The normalized spacial score (nSPS) is 21.2. The molecule has 2 rings (SSSR count). The minimum atomic E-state index is -0.399. The van der Waals surface area contributed by atoms with Crippen LogP contribution in [0.4, 0.5) is 0 Å². The molecule has 0 bridgehead atoms. The molecule has 116 valence electrons. The van der Waals surface area contributed by atoms with Crippen LogP contribution in [0.15, 0.2) is 12.2 Å². The van der Waals surface area contributed by atoms with Crippen LogP contribution in [0.3, 0.4) is 0 Å². The van der Waals surface area contributed by atoms with Crippen LogP contribution in [0.5, 0.6) is 0 Å². The Balaban J connectivity index is 0.00000106. The van der Waals surface area contributed by atoms with E-state index in [-0.39, 0.29) is 36.6 Å². The molecule has 4 amide bonds. The number of imide groups is 2. The monoisotopic (exact) mass is 312 g/mol. The number of hydrogen-bond acceptors (Lipinski definition) is 5. The van der Waals surface area contributed by atoms with E-state index in [1.807, 2.05) is 20.8 Å². The van der Waals surface area contributed by atoms with Gasteiger partial charge in [0, 0.05) is 31.7 Å². The second kappa shape index (κ2) is 7.97. The molecule has 0 aliphatic carbocycles. The van der Waals surface area contributed by atoms with Gasteiger partial charge in [0.2, 0.25) is 11.8 Å². The van der Waals surface area contributed by atoms with Gasteiger partial charge < -0.3 is 0 Å². The Labute approximate surface area is 128 Å². The molecule has 0 aromatic rings. The van der Waals surface area contributed by atoms with Gasteiger partial charge in [-0.25, -0.2) is 0 Å². The fourth-order valence-corrected chi connectivity index (χ4v) is 3.00. The minimum absolute atomic E-state index is 0.0612. The van der Waals surface area contributed by atoms with Crippen molar-refractivity contribution < 1.29 is 19.2 Å². The topological polar surface area (TPSA) is 74.8 Å². The van der Waals surface area contributed by atoms with Crippen molar-refractivity contribution in [1.82, 2.24) is 9.80 Å². The zero-order valence-corrected chi connectivity index (χ0v) is 13.3. The molecule has 6 nitrogen and oxygen atoms in total. The smallest absolute Gasteiger partial charge is 0.253 e. The third-order valence-electron chi connectivity index (χ3n) is 3.02. The largest absolute Gasteiger partial charge is 0.280 e. The molecule has 0 N–H and O–H groups in total. The van der Waals surface area contributed by atoms with E-state index in [0.29, 0.717) is 0 Å². The highest BCUT2D eigenvalue weighted by molar-refractivity contribution is 8.00. The second-order valence-corrected chi connectivity index (χ2v) is 5.67. The van der Waals surface area contributed by atoms with E-state index in [2.05, 4.69) is 0 Å². The maximum Gasteiger partial charge on any atom is 0.253 e. The first-order valence-electron chi connectivity index (χ1n) is 7.04. The number of thioether (sulfide) groups is 1. The predicted molar refractivity (Wildman–Crippen MR) is 80.5 cm³/mol. The molecule has 0 aromatic carbocycles. The van der Waals surface area contributed by atoms with Crippen molar-refractivity contribution in [3.63, 3.8) is 0 Å². The second-order valence-electron chi connectivity index (χ2n) is 4.19. The van der Waals surface area contributed by atoms with Crippen molar-refractivity contribution in [3.05, 3.63) is 12.2 Å². The molecule has 1 fully saturated rings. The van der Waals surface area contributed by atoms with E-state index in [4.69, 9.17) is 0 Å². The third kappa shape index (κ3) is 3.93. The molecule has 2 heterocycles. The van der Waals surface area contributed by atoms with Gasteiger partial charge in [-0.3, -0.25) is 29.0 Å². The number of carbonyl (C=O) groups is 4. The summed E-state index contributed by atoms with van der Waals surface area (Å²) >= 11 is 1.44. The Kier molecular flexibility index (Phi) is 6.61. The van der Waals surface area contributed by atoms with Gasteiger partial charge in [-0.2, -0.15) is 0 Å². The molecule has 7 heteroatoms. The predicted octanol–water partition coefficient (Wildman–Crippen LogP) is 0.818. The van der Waals surface area contributed by atoms with E-state index in [1.165, 1.54) is 23.9 Å². The molecule has 1 atom stereocenters. The average molecular weight is 312 g/mol. The van der Waals surface area contributed by atoms with Gasteiger partial charge in [0.1, 0.15) is 0 Å². The van der Waals surface area contributed by atoms with Crippen LogP contribution >= 0.6 is 11.8 Å². The van der Waals surface area contributed by atoms with Crippen LogP contribution in [0.25, 0.3) is 0 Å². The third-order valence-corrected chi connectivity index (χ3v) is 4.12. The number of carbonyl (C=O) groups excluding carboxylic acids is 4.